The first kappa shape index (κ1) is 24.8. The van der Waals surface area contributed by atoms with Crippen molar-refractivity contribution in [1.82, 2.24) is 4.98 Å². The zero-order valence-corrected chi connectivity index (χ0v) is 19.5. The lowest BCUT2D eigenvalue weighted by molar-refractivity contribution is -0.274. The van der Waals surface area contributed by atoms with Gasteiger partial charge in [0.05, 0.1) is 23.9 Å². The lowest BCUT2D eigenvalue weighted by Gasteiger charge is -2.25. The number of carbonyl (C=O) groups is 2. The fourth-order valence-electron chi connectivity index (χ4n) is 4.29. The van der Waals surface area contributed by atoms with Crippen molar-refractivity contribution in [2.24, 2.45) is 0 Å². The Labute approximate surface area is 204 Å². The summed E-state index contributed by atoms with van der Waals surface area (Å²) in [5, 5.41) is 11.4. The molecule has 1 fully saturated rings. The van der Waals surface area contributed by atoms with Gasteiger partial charge in [0.1, 0.15) is 23.3 Å². The molecule has 1 unspecified atom stereocenters. The second kappa shape index (κ2) is 9.37. The largest absolute Gasteiger partial charge is 0.573 e. The third kappa shape index (κ3) is 4.61. The van der Waals surface area contributed by atoms with Gasteiger partial charge in [-0.1, -0.05) is 18.2 Å². The second-order valence-electron chi connectivity index (χ2n) is 8.13. The van der Waals surface area contributed by atoms with E-state index in [1.54, 1.807) is 38.1 Å². The van der Waals surface area contributed by atoms with Gasteiger partial charge in [-0.2, -0.15) is 0 Å². The molecule has 1 amide bonds. The van der Waals surface area contributed by atoms with Crippen LogP contribution in [0.15, 0.2) is 66.4 Å². The average molecular weight is 498 g/mol. The maximum atomic E-state index is 13.3. The number of methoxy groups -OCH3 is 1. The molecule has 1 aliphatic heterocycles. The minimum absolute atomic E-state index is 0.0408. The zero-order valence-electron chi connectivity index (χ0n) is 19.5. The summed E-state index contributed by atoms with van der Waals surface area (Å²) in [7, 11) is 1.41. The van der Waals surface area contributed by atoms with Crippen LogP contribution in [0.1, 0.15) is 28.4 Å². The highest BCUT2D eigenvalue weighted by atomic mass is 19.4. The quantitative estimate of drug-likeness (QED) is 0.294. The van der Waals surface area contributed by atoms with Gasteiger partial charge in [0.25, 0.3) is 11.7 Å². The van der Waals surface area contributed by atoms with Crippen molar-refractivity contribution >= 4 is 23.1 Å². The summed E-state index contributed by atoms with van der Waals surface area (Å²) >= 11 is 0. The van der Waals surface area contributed by atoms with Crippen molar-refractivity contribution in [1.29, 1.82) is 0 Å². The van der Waals surface area contributed by atoms with E-state index >= 15 is 0 Å². The van der Waals surface area contributed by atoms with Crippen molar-refractivity contribution in [3.8, 4) is 11.5 Å². The Balaban J connectivity index is 1.95. The summed E-state index contributed by atoms with van der Waals surface area (Å²) < 4.78 is 47.8. The van der Waals surface area contributed by atoms with E-state index in [0.717, 1.165) is 22.6 Å². The maximum absolute atomic E-state index is 13.3. The molecule has 2 aromatic carbocycles. The van der Waals surface area contributed by atoms with Gasteiger partial charge in [-0.05, 0) is 55.3 Å². The molecule has 4 rings (SSSR count). The van der Waals surface area contributed by atoms with Crippen molar-refractivity contribution in [3.05, 3.63) is 88.8 Å². The average Bonchev–Trinajstić information content (AvgIpc) is 3.08. The van der Waals surface area contributed by atoms with E-state index in [1.807, 2.05) is 6.07 Å². The number of rotatable bonds is 5. The molecule has 0 spiro atoms. The standard InChI is InChI=1S/C26H21F3N2O5/c1-14-11-15(2)24(35-3)18(12-14)22(32)20-21(19-9-4-5-10-30-19)31(25(34)23(20)33)16-7-6-8-17(13-16)36-26(27,28)29/h4-13,21,32H,1-3H3/b22-20+. The molecule has 1 saturated heterocycles. The minimum atomic E-state index is -4.95. The Bertz CT molecular complexity index is 1370. The Kier molecular flexibility index (Phi) is 6.45. The van der Waals surface area contributed by atoms with Gasteiger partial charge in [-0.15, -0.1) is 13.2 Å². The van der Waals surface area contributed by atoms with Gasteiger partial charge in [-0.3, -0.25) is 19.5 Å². The topological polar surface area (TPSA) is 89.0 Å². The van der Waals surface area contributed by atoms with E-state index in [2.05, 4.69) is 9.72 Å². The summed E-state index contributed by atoms with van der Waals surface area (Å²) in [6.07, 6.45) is -3.51. The number of aliphatic hydroxyl groups excluding tert-OH is 1. The number of alkyl halides is 3. The van der Waals surface area contributed by atoms with E-state index in [0.29, 0.717) is 11.3 Å². The summed E-state index contributed by atoms with van der Waals surface area (Å²) in [5.74, 6) is -2.81. The van der Waals surface area contributed by atoms with Crippen molar-refractivity contribution in [2.75, 3.05) is 12.0 Å². The van der Waals surface area contributed by atoms with Gasteiger partial charge >= 0.3 is 6.36 Å². The Hall–Kier alpha value is -4.34. The molecular formula is C26H21F3N2O5. The molecule has 1 N–H and O–H groups in total. The van der Waals surface area contributed by atoms with Crippen LogP contribution in [0, 0.1) is 13.8 Å². The third-order valence-corrected chi connectivity index (χ3v) is 5.62. The number of ketones is 1. The fraction of sp³-hybridized carbons (Fsp3) is 0.192. The number of hydrogen-bond acceptors (Lipinski definition) is 6. The van der Waals surface area contributed by atoms with Crippen molar-refractivity contribution < 1.29 is 37.3 Å². The number of anilines is 1. The number of aliphatic hydroxyl groups is 1. The van der Waals surface area contributed by atoms with Crippen LogP contribution in [-0.2, 0) is 9.59 Å². The first-order valence-corrected chi connectivity index (χ1v) is 10.7. The Morgan fingerprint density at radius 2 is 1.81 bits per heavy atom. The summed E-state index contributed by atoms with van der Waals surface area (Å²) in [6.45, 7) is 3.56. The number of ether oxygens (including phenoxy) is 2. The van der Waals surface area contributed by atoms with Crippen LogP contribution in [0.5, 0.6) is 11.5 Å². The predicted molar refractivity (Wildman–Crippen MR) is 125 cm³/mol. The molecule has 2 heterocycles. The zero-order chi connectivity index (χ0) is 26.2. The predicted octanol–water partition coefficient (Wildman–Crippen LogP) is 5.23. The number of halogens is 3. The molecule has 1 atom stereocenters. The Morgan fingerprint density at radius 1 is 1.06 bits per heavy atom. The molecule has 0 bridgehead atoms. The van der Waals surface area contributed by atoms with E-state index in [4.69, 9.17) is 4.74 Å². The molecular weight excluding hydrogens is 477 g/mol. The van der Waals surface area contributed by atoms with E-state index in [9.17, 15) is 27.9 Å². The van der Waals surface area contributed by atoms with E-state index in [-0.39, 0.29) is 22.5 Å². The molecule has 0 radical (unpaired) electrons. The van der Waals surface area contributed by atoms with Crippen LogP contribution in [0.3, 0.4) is 0 Å². The molecule has 0 saturated carbocycles. The molecule has 0 aliphatic carbocycles. The summed E-state index contributed by atoms with van der Waals surface area (Å²) in [6, 6.07) is 11.7. The van der Waals surface area contributed by atoms with Gasteiger partial charge in [-0.25, -0.2) is 0 Å². The summed E-state index contributed by atoms with van der Waals surface area (Å²) in [4.78, 5) is 31.8. The fourth-order valence-corrected chi connectivity index (χ4v) is 4.29. The van der Waals surface area contributed by atoms with Crippen LogP contribution in [0.2, 0.25) is 0 Å². The number of aromatic nitrogens is 1. The number of amides is 1. The number of carbonyl (C=O) groups excluding carboxylic acids is 2. The van der Waals surface area contributed by atoms with Crippen LogP contribution in [0.25, 0.3) is 5.76 Å². The molecule has 10 heteroatoms. The highest BCUT2D eigenvalue weighted by Crippen LogP contribution is 2.44. The molecule has 3 aromatic rings. The van der Waals surface area contributed by atoms with Crippen LogP contribution >= 0.6 is 0 Å². The number of nitrogens with zero attached hydrogens (tertiary/aromatic N) is 2. The first-order chi connectivity index (χ1) is 17.0. The number of Topliss-reactive ketones (excluding diaryl/α,β-unsaturated/α-hetero) is 1. The minimum Gasteiger partial charge on any atom is -0.507 e. The number of pyridine rings is 1. The third-order valence-electron chi connectivity index (χ3n) is 5.62. The van der Waals surface area contributed by atoms with Crippen molar-refractivity contribution in [2.45, 2.75) is 26.3 Å². The van der Waals surface area contributed by atoms with E-state index < -0.39 is 35.6 Å². The first-order valence-electron chi connectivity index (χ1n) is 10.7. The molecule has 1 aromatic heterocycles. The molecule has 186 valence electrons. The van der Waals surface area contributed by atoms with Gasteiger partial charge in [0.2, 0.25) is 0 Å². The maximum Gasteiger partial charge on any atom is 0.573 e. The van der Waals surface area contributed by atoms with Crippen LogP contribution < -0.4 is 14.4 Å². The number of aryl methyl sites for hydroxylation is 2. The lowest BCUT2D eigenvalue weighted by atomic mass is 9.95. The number of hydrogen-bond donors (Lipinski definition) is 1. The highest BCUT2D eigenvalue weighted by Gasteiger charge is 2.48. The van der Waals surface area contributed by atoms with Crippen LogP contribution in [0.4, 0.5) is 18.9 Å². The van der Waals surface area contributed by atoms with E-state index in [1.165, 1.54) is 25.4 Å². The van der Waals surface area contributed by atoms with Gasteiger partial charge < -0.3 is 14.6 Å². The van der Waals surface area contributed by atoms with Gasteiger partial charge in [0.15, 0.2) is 0 Å². The Morgan fingerprint density at radius 3 is 2.44 bits per heavy atom. The molecule has 1 aliphatic rings. The van der Waals surface area contributed by atoms with Crippen molar-refractivity contribution in [3.63, 3.8) is 0 Å². The lowest BCUT2D eigenvalue weighted by Crippen LogP contribution is -2.30. The van der Waals surface area contributed by atoms with Crippen LogP contribution in [-0.4, -0.2) is 35.3 Å². The number of benzene rings is 2. The van der Waals surface area contributed by atoms with Gasteiger partial charge in [0, 0.05) is 18.0 Å². The molecule has 36 heavy (non-hydrogen) atoms. The highest BCUT2D eigenvalue weighted by molar-refractivity contribution is 6.51. The monoisotopic (exact) mass is 498 g/mol. The SMILES string of the molecule is COc1c(C)cc(C)cc1/C(O)=C1\C(=O)C(=O)N(c2cccc(OC(F)(F)F)c2)C1c1ccccn1. The summed E-state index contributed by atoms with van der Waals surface area (Å²) in [5.41, 5.74) is 1.58. The normalized spacial score (nSPS) is 17.4. The second-order valence-corrected chi connectivity index (χ2v) is 8.13. The smallest absolute Gasteiger partial charge is 0.507 e. The molecule has 7 nitrogen and oxygen atoms in total.